The number of carbonyl (C=O) groups excluding carboxylic acids is 3. The number of amides is 1. The first-order valence-corrected chi connectivity index (χ1v) is 10.7. The maximum Gasteiger partial charge on any atom is 0.255 e. The summed E-state index contributed by atoms with van der Waals surface area (Å²) in [6.07, 6.45) is -0.187. The Labute approximate surface area is 194 Å². The van der Waals surface area contributed by atoms with Crippen LogP contribution in [0.1, 0.15) is 27.9 Å². The first-order chi connectivity index (χ1) is 15.9. The predicted molar refractivity (Wildman–Crippen MR) is 116 cm³/mol. The third-order valence-corrected chi connectivity index (χ3v) is 7.10. The highest BCUT2D eigenvalue weighted by Gasteiger charge is 2.63. The van der Waals surface area contributed by atoms with Crippen LogP contribution >= 0.6 is 0 Å². The van der Waals surface area contributed by atoms with Gasteiger partial charge in [0.1, 0.15) is 28.7 Å². The van der Waals surface area contributed by atoms with Crippen LogP contribution in [-0.2, 0) is 22.6 Å². The molecule has 0 radical (unpaired) electrons. The van der Waals surface area contributed by atoms with Gasteiger partial charge in [-0.2, -0.15) is 0 Å². The topological polar surface area (TPSA) is 173 Å². The summed E-state index contributed by atoms with van der Waals surface area (Å²) < 4.78 is 15.2. The quantitative estimate of drug-likeness (QED) is 0.327. The van der Waals surface area contributed by atoms with Crippen molar-refractivity contribution in [2.75, 3.05) is 21.1 Å². The van der Waals surface area contributed by atoms with E-state index < -0.39 is 69.6 Å². The highest BCUT2D eigenvalue weighted by molar-refractivity contribution is 6.24. The number of phenols is 1. The Morgan fingerprint density at radius 3 is 2.50 bits per heavy atom. The Morgan fingerprint density at radius 2 is 1.94 bits per heavy atom. The highest BCUT2D eigenvalue weighted by Crippen LogP contribution is 2.52. The molecular weight excluding hydrogens is 449 g/mol. The fourth-order valence-corrected chi connectivity index (χ4v) is 5.67. The zero-order valence-corrected chi connectivity index (χ0v) is 18.8. The molecule has 1 aromatic rings. The first kappa shape index (κ1) is 23.9. The van der Waals surface area contributed by atoms with Crippen LogP contribution in [0.25, 0.3) is 0 Å². The molecule has 7 N–H and O–H groups in total. The second-order valence-corrected chi connectivity index (χ2v) is 9.22. The maximum absolute atomic E-state index is 15.2. The molecule has 1 amide bonds. The van der Waals surface area contributed by atoms with Crippen LogP contribution in [0.5, 0.6) is 5.75 Å². The molecule has 34 heavy (non-hydrogen) atoms. The summed E-state index contributed by atoms with van der Waals surface area (Å²) in [6.45, 7) is 0.105. The molecule has 182 valence electrons. The SMILES string of the molecule is CNCc1cc(O)c2c(c1F)C[C@H]1C[C@H]3[C@H](N(C)C)C(O)=C(C(N)=O)C(=O)[C@@]3(O)C(O)=C1C2=O. The van der Waals surface area contributed by atoms with Gasteiger partial charge < -0.3 is 31.5 Å². The van der Waals surface area contributed by atoms with Gasteiger partial charge in [-0.15, -0.1) is 0 Å². The monoisotopic (exact) mass is 475 g/mol. The van der Waals surface area contributed by atoms with Gasteiger partial charge in [0.2, 0.25) is 5.78 Å². The molecular formula is C23H26FN3O7. The molecule has 3 aliphatic carbocycles. The normalized spacial score (nSPS) is 28.7. The van der Waals surface area contributed by atoms with Crippen molar-refractivity contribution in [3.05, 3.63) is 51.2 Å². The van der Waals surface area contributed by atoms with Gasteiger partial charge in [0, 0.05) is 29.2 Å². The van der Waals surface area contributed by atoms with Crippen LogP contribution in [0.2, 0.25) is 0 Å². The molecule has 0 saturated carbocycles. The van der Waals surface area contributed by atoms with Gasteiger partial charge in [0.15, 0.2) is 11.4 Å². The minimum atomic E-state index is -2.72. The lowest BCUT2D eigenvalue weighted by atomic mass is 9.58. The van der Waals surface area contributed by atoms with Crippen LogP contribution in [-0.4, -0.2) is 75.6 Å². The lowest BCUT2D eigenvalue weighted by molar-refractivity contribution is -0.148. The molecule has 0 aliphatic heterocycles. The maximum atomic E-state index is 15.2. The molecule has 1 aromatic carbocycles. The summed E-state index contributed by atoms with van der Waals surface area (Å²) >= 11 is 0. The number of primary amides is 1. The molecule has 0 fully saturated rings. The molecule has 0 heterocycles. The molecule has 0 bridgehead atoms. The fraction of sp³-hybridized carbons (Fsp3) is 0.435. The molecule has 0 aromatic heterocycles. The Bertz CT molecular complexity index is 1210. The predicted octanol–water partition coefficient (Wildman–Crippen LogP) is -0.0209. The van der Waals surface area contributed by atoms with E-state index in [1.165, 1.54) is 19.0 Å². The second kappa shape index (κ2) is 7.90. The summed E-state index contributed by atoms with van der Waals surface area (Å²) in [5, 5.41) is 46.6. The number of Topliss-reactive ketones (excluding diaryl/α,β-unsaturated/α-hetero) is 2. The number of hydrogen-bond donors (Lipinski definition) is 6. The van der Waals surface area contributed by atoms with E-state index in [0.29, 0.717) is 0 Å². The second-order valence-electron chi connectivity index (χ2n) is 9.22. The van der Waals surface area contributed by atoms with Crippen molar-refractivity contribution in [3.63, 3.8) is 0 Å². The number of phenolic OH excluding ortho intramolecular Hbond substituents is 1. The van der Waals surface area contributed by atoms with Gasteiger partial charge in [-0.1, -0.05) is 0 Å². The standard InChI is InChI=1S/C23H26FN3O7/c1-26-7-9-6-12(28)14-10(16(9)24)4-8-5-11-17(27(2)3)19(30)15(22(25)33)21(32)23(11,34)20(31)13(8)18(14)29/h6,8,11,17,26,28,30-31,34H,4-5,7H2,1-3H3,(H2,25,33)/t8-,11-,17-,23-/m0/s1. The number of aliphatic hydroxyl groups excluding tert-OH is 2. The number of nitrogens with one attached hydrogen (secondary N) is 1. The average Bonchev–Trinajstić information content (AvgIpc) is 2.73. The Hall–Kier alpha value is -3.28. The van der Waals surface area contributed by atoms with Crippen molar-refractivity contribution in [3.8, 4) is 5.75 Å². The number of carbonyl (C=O) groups is 3. The number of hydrogen-bond acceptors (Lipinski definition) is 9. The van der Waals surface area contributed by atoms with Gasteiger partial charge in [-0.05, 0) is 46.0 Å². The lowest BCUT2D eigenvalue weighted by Crippen LogP contribution is -2.63. The smallest absolute Gasteiger partial charge is 0.255 e. The summed E-state index contributed by atoms with van der Waals surface area (Å²) in [4.78, 5) is 40.0. The summed E-state index contributed by atoms with van der Waals surface area (Å²) in [5.74, 6) is -8.30. The minimum Gasteiger partial charge on any atom is -0.510 e. The molecule has 0 unspecified atom stereocenters. The number of allylic oxidation sites excluding steroid dienone is 1. The Kier molecular flexibility index (Phi) is 5.54. The van der Waals surface area contributed by atoms with Crippen LogP contribution in [0.15, 0.2) is 28.7 Å². The van der Waals surface area contributed by atoms with E-state index >= 15 is 4.39 Å². The third kappa shape index (κ3) is 3.00. The molecule has 3 aliphatic rings. The summed E-state index contributed by atoms with van der Waals surface area (Å²) in [6, 6.07) is 0.0139. The number of aliphatic hydroxyl groups is 3. The number of aromatic hydroxyl groups is 1. The van der Waals surface area contributed by atoms with E-state index in [9.17, 15) is 34.8 Å². The van der Waals surface area contributed by atoms with Gasteiger partial charge in [0.25, 0.3) is 5.91 Å². The molecule has 0 saturated heterocycles. The number of fused-ring (bicyclic) bond motifs is 3. The summed E-state index contributed by atoms with van der Waals surface area (Å²) in [7, 11) is 4.67. The van der Waals surface area contributed by atoms with Gasteiger partial charge in [-0.3, -0.25) is 19.3 Å². The Balaban J connectivity index is 1.95. The average molecular weight is 475 g/mol. The minimum absolute atomic E-state index is 0.0247. The van der Waals surface area contributed by atoms with Crippen molar-refractivity contribution in [1.29, 1.82) is 0 Å². The zero-order valence-electron chi connectivity index (χ0n) is 18.8. The number of rotatable bonds is 4. The van der Waals surface area contributed by atoms with E-state index in [0.717, 1.165) is 6.07 Å². The third-order valence-electron chi connectivity index (χ3n) is 7.10. The van der Waals surface area contributed by atoms with E-state index in [4.69, 9.17) is 5.73 Å². The first-order valence-electron chi connectivity index (χ1n) is 10.7. The molecule has 4 rings (SSSR count). The van der Waals surface area contributed by atoms with Crippen molar-refractivity contribution < 1.29 is 39.2 Å². The Morgan fingerprint density at radius 1 is 1.29 bits per heavy atom. The highest BCUT2D eigenvalue weighted by atomic mass is 19.1. The van der Waals surface area contributed by atoms with Crippen molar-refractivity contribution in [2.45, 2.75) is 31.0 Å². The molecule has 0 spiro atoms. The van der Waals surface area contributed by atoms with Crippen LogP contribution < -0.4 is 11.1 Å². The van der Waals surface area contributed by atoms with Crippen molar-refractivity contribution in [1.82, 2.24) is 10.2 Å². The molecule has 11 heteroatoms. The number of nitrogens with zero attached hydrogens (tertiary/aromatic N) is 1. The van der Waals surface area contributed by atoms with Crippen molar-refractivity contribution in [2.24, 2.45) is 17.6 Å². The van der Waals surface area contributed by atoms with E-state index in [1.54, 1.807) is 7.05 Å². The number of halogens is 1. The lowest BCUT2D eigenvalue weighted by Gasteiger charge is -2.50. The number of likely N-dealkylation sites (N-methyl/N-ethyl adjacent to an activating group) is 1. The van der Waals surface area contributed by atoms with Gasteiger partial charge in [0.05, 0.1) is 11.6 Å². The van der Waals surface area contributed by atoms with E-state index in [1.807, 2.05) is 0 Å². The van der Waals surface area contributed by atoms with E-state index in [2.05, 4.69) is 5.32 Å². The van der Waals surface area contributed by atoms with Crippen LogP contribution in [0.3, 0.4) is 0 Å². The zero-order chi connectivity index (χ0) is 25.3. The van der Waals surface area contributed by atoms with Gasteiger partial charge in [-0.25, -0.2) is 4.39 Å². The van der Waals surface area contributed by atoms with Crippen LogP contribution in [0, 0.1) is 17.7 Å². The number of benzene rings is 1. The van der Waals surface area contributed by atoms with Crippen LogP contribution in [0.4, 0.5) is 4.39 Å². The molecule has 4 atom stereocenters. The number of nitrogens with two attached hydrogens (primary N) is 1. The number of ketones is 2. The van der Waals surface area contributed by atoms with Crippen molar-refractivity contribution >= 4 is 17.5 Å². The fourth-order valence-electron chi connectivity index (χ4n) is 5.67. The summed E-state index contributed by atoms with van der Waals surface area (Å²) in [5.41, 5.74) is 1.15. The molecule has 10 nitrogen and oxygen atoms in total. The largest absolute Gasteiger partial charge is 0.510 e. The van der Waals surface area contributed by atoms with E-state index in [-0.39, 0.29) is 41.6 Å². The van der Waals surface area contributed by atoms with Gasteiger partial charge >= 0.3 is 0 Å².